The lowest BCUT2D eigenvalue weighted by molar-refractivity contribution is 0.394. The summed E-state index contributed by atoms with van der Waals surface area (Å²) in [5, 5.41) is 3.25. The van der Waals surface area contributed by atoms with Crippen molar-refractivity contribution in [1.29, 1.82) is 0 Å². The van der Waals surface area contributed by atoms with E-state index in [0.717, 1.165) is 49.8 Å². The topological polar surface area (TPSA) is 72.1 Å². The summed E-state index contributed by atoms with van der Waals surface area (Å²) in [6, 6.07) is 6.00. The molecule has 1 aliphatic heterocycles. The molecule has 1 aromatic carbocycles. The second-order valence-corrected chi connectivity index (χ2v) is 6.67. The van der Waals surface area contributed by atoms with Crippen LogP contribution in [0.2, 0.25) is 0 Å². The van der Waals surface area contributed by atoms with Crippen molar-refractivity contribution in [3.63, 3.8) is 0 Å². The van der Waals surface area contributed by atoms with Gasteiger partial charge in [0.25, 0.3) is 0 Å². The third-order valence-corrected chi connectivity index (χ3v) is 4.19. The lowest BCUT2D eigenvalue weighted by Crippen LogP contribution is -2.36. The number of benzene rings is 1. The van der Waals surface area contributed by atoms with Crippen molar-refractivity contribution in [2.45, 2.75) is 20.3 Å². The summed E-state index contributed by atoms with van der Waals surface area (Å²) >= 11 is 0. The molecule has 0 spiro atoms. The third-order valence-electron chi connectivity index (χ3n) is 4.19. The van der Waals surface area contributed by atoms with Gasteiger partial charge in [0, 0.05) is 50.1 Å². The van der Waals surface area contributed by atoms with Gasteiger partial charge in [0.1, 0.15) is 11.5 Å². The molecule has 6 heteroatoms. The average Bonchev–Trinajstić information content (AvgIpc) is 3.06. The van der Waals surface area contributed by atoms with E-state index in [4.69, 9.17) is 15.2 Å². The summed E-state index contributed by atoms with van der Waals surface area (Å²) in [6.45, 7) is 7.89. The van der Waals surface area contributed by atoms with E-state index >= 15 is 0 Å². The number of guanidine groups is 1. The Morgan fingerprint density at radius 1 is 1.29 bits per heavy atom. The average molecular weight is 334 g/mol. The standard InChI is InChI=1S/C18H30N4O2/c1-13(2)10-20-18(19)21-11-14-5-6-22(12-14)15-7-16(23-3)9-17(8-15)24-4/h7-9,13-14H,5-6,10-12H2,1-4H3,(H3,19,20,21). The smallest absolute Gasteiger partial charge is 0.188 e. The van der Waals surface area contributed by atoms with E-state index in [1.54, 1.807) is 14.2 Å². The summed E-state index contributed by atoms with van der Waals surface area (Å²) in [5.74, 6) is 3.25. The highest BCUT2D eigenvalue weighted by Crippen LogP contribution is 2.31. The van der Waals surface area contributed by atoms with Crippen LogP contribution in [-0.4, -0.2) is 46.4 Å². The first kappa shape index (κ1) is 18.2. The minimum Gasteiger partial charge on any atom is -0.497 e. The molecule has 2 rings (SSSR count). The van der Waals surface area contributed by atoms with Crippen LogP contribution < -0.4 is 25.4 Å². The summed E-state index contributed by atoms with van der Waals surface area (Å²) in [5.41, 5.74) is 7.05. The molecule has 0 radical (unpaired) electrons. The van der Waals surface area contributed by atoms with E-state index in [1.807, 2.05) is 6.07 Å². The van der Waals surface area contributed by atoms with Gasteiger partial charge in [0.05, 0.1) is 14.2 Å². The van der Waals surface area contributed by atoms with Gasteiger partial charge in [-0.1, -0.05) is 13.8 Å². The Morgan fingerprint density at radius 2 is 1.96 bits per heavy atom. The van der Waals surface area contributed by atoms with Crippen LogP contribution in [-0.2, 0) is 0 Å². The highest BCUT2D eigenvalue weighted by atomic mass is 16.5. The van der Waals surface area contributed by atoms with Crippen LogP contribution in [0.25, 0.3) is 0 Å². The van der Waals surface area contributed by atoms with Crippen molar-refractivity contribution in [3.05, 3.63) is 18.2 Å². The first-order chi connectivity index (χ1) is 11.5. The molecule has 0 bridgehead atoms. The molecule has 0 aliphatic carbocycles. The van der Waals surface area contributed by atoms with Gasteiger partial charge in [-0.25, -0.2) is 0 Å². The fourth-order valence-electron chi connectivity index (χ4n) is 2.79. The lowest BCUT2D eigenvalue weighted by Gasteiger charge is -2.20. The van der Waals surface area contributed by atoms with E-state index in [0.29, 0.717) is 17.8 Å². The van der Waals surface area contributed by atoms with Crippen LogP contribution in [0, 0.1) is 11.8 Å². The molecule has 1 fully saturated rings. The van der Waals surface area contributed by atoms with Gasteiger partial charge in [0.2, 0.25) is 0 Å². The normalized spacial score (nSPS) is 18.1. The van der Waals surface area contributed by atoms with E-state index in [2.05, 4.69) is 41.2 Å². The molecule has 1 aromatic rings. The number of methoxy groups -OCH3 is 2. The maximum Gasteiger partial charge on any atom is 0.188 e. The van der Waals surface area contributed by atoms with Crippen LogP contribution in [0.1, 0.15) is 20.3 Å². The predicted molar refractivity (Wildman–Crippen MR) is 99.2 cm³/mol. The highest BCUT2D eigenvalue weighted by Gasteiger charge is 2.23. The molecule has 3 N–H and O–H groups in total. The lowest BCUT2D eigenvalue weighted by atomic mass is 10.1. The van der Waals surface area contributed by atoms with Crippen molar-refractivity contribution in [1.82, 2.24) is 5.32 Å². The summed E-state index contributed by atoms with van der Waals surface area (Å²) < 4.78 is 10.7. The van der Waals surface area contributed by atoms with Gasteiger partial charge < -0.3 is 25.4 Å². The minimum absolute atomic E-state index is 0.523. The largest absolute Gasteiger partial charge is 0.497 e. The maximum absolute atomic E-state index is 5.91. The van der Waals surface area contributed by atoms with E-state index in [9.17, 15) is 0 Å². The van der Waals surface area contributed by atoms with Gasteiger partial charge in [-0.05, 0) is 18.3 Å². The number of aliphatic imine (C=N–C) groups is 1. The van der Waals surface area contributed by atoms with Crippen LogP contribution in [0.3, 0.4) is 0 Å². The van der Waals surface area contributed by atoms with E-state index in [-0.39, 0.29) is 0 Å². The Kier molecular flexibility index (Phi) is 6.58. The molecule has 0 amide bonds. The van der Waals surface area contributed by atoms with Crippen molar-refractivity contribution in [2.75, 3.05) is 45.3 Å². The number of nitrogens with zero attached hydrogens (tertiary/aromatic N) is 2. The molecule has 134 valence electrons. The Labute approximate surface area is 145 Å². The van der Waals surface area contributed by atoms with Crippen molar-refractivity contribution >= 4 is 11.6 Å². The number of ether oxygens (including phenoxy) is 2. The molecule has 0 saturated carbocycles. The zero-order valence-electron chi connectivity index (χ0n) is 15.2. The summed E-state index contributed by atoms with van der Waals surface area (Å²) in [6.07, 6.45) is 1.13. The van der Waals surface area contributed by atoms with Crippen LogP contribution >= 0.6 is 0 Å². The third kappa shape index (κ3) is 5.22. The second kappa shape index (κ2) is 8.66. The molecule has 1 heterocycles. The van der Waals surface area contributed by atoms with E-state index < -0.39 is 0 Å². The predicted octanol–water partition coefficient (Wildman–Crippen LogP) is 2.09. The van der Waals surface area contributed by atoms with Gasteiger partial charge in [-0.15, -0.1) is 0 Å². The van der Waals surface area contributed by atoms with Gasteiger partial charge in [0.15, 0.2) is 5.96 Å². The molecule has 6 nitrogen and oxygen atoms in total. The van der Waals surface area contributed by atoms with Gasteiger partial charge in [-0.3, -0.25) is 4.99 Å². The number of rotatable bonds is 7. The van der Waals surface area contributed by atoms with Gasteiger partial charge >= 0.3 is 0 Å². The quantitative estimate of drug-likeness (QED) is 0.590. The first-order valence-corrected chi connectivity index (χ1v) is 8.53. The molecule has 1 saturated heterocycles. The number of hydrogen-bond donors (Lipinski definition) is 2. The van der Waals surface area contributed by atoms with Gasteiger partial charge in [-0.2, -0.15) is 0 Å². The molecule has 1 aliphatic rings. The molecule has 1 unspecified atom stereocenters. The fraction of sp³-hybridized carbons (Fsp3) is 0.611. The summed E-state index contributed by atoms with van der Waals surface area (Å²) in [4.78, 5) is 6.70. The number of hydrogen-bond acceptors (Lipinski definition) is 4. The van der Waals surface area contributed by atoms with Crippen LogP contribution in [0.5, 0.6) is 11.5 Å². The number of nitrogens with two attached hydrogens (primary N) is 1. The van der Waals surface area contributed by atoms with Crippen molar-refractivity contribution in [2.24, 2.45) is 22.6 Å². The Balaban J connectivity index is 1.90. The Bertz CT molecular complexity index is 538. The summed E-state index contributed by atoms with van der Waals surface area (Å²) in [7, 11) is 3.35. The second-order valence-electron chi connectivity index (χ2n) is 6.67. The van der Waals surface area contributed by atoms with Crippen LogP contribution in [0.15, 0.2) is 23.2 Å². The first-order valence-electron chi connectivity index (χ1n) is 8.53. The number of nitrogens with one attached hydrogen (secondary N) is 1. The fourth-order valence-corrected chi connectivity index (χ4v) is 2.79. The monoisotopic (exact) mass is 334 g/mol. The molecule has 24 heavy (non-hydrogen) atoms. The number of anilines is 1. The van der Waals surface area contributed by atoms with Crippen LogP contribution in [0.4, 0.5) is 5.69 Å². The molecular formula is C18H30N4O2. The van der Waals surface area contributed by atoms with Crippen molar-refractivity contribution in [3.8, 4) is 11.5 Å². The minimum atomic E-state index is 0.523. The molecular weight excluding hydrogens is 304 g/mol. The van der Waals surface area contributed by atoms with Crippen molar-refractivity contribution < 1.29 is 9.47 Å². The maximum atomic E-state index is 5.91. The Morgan fingerprint density at radius 3 is 2.54 bits per heavy atom. The Hall–Kier alpha value is -2.11. The highest BCUT2D eigenvalue weighted by molar-refractivity contribution is 5.77. The van der Waals surface area contributed by atoms with E-state index in [1.165, 1.54) is 0 Å². The molecule has 0 aromatic heterocycles. The molecule has 1 atom stereocenters. The zero-order chi connectivity index (χ0) is 17.5. The zero-order valence-corrected chi connectivity index (χ0v) is 15.2. The SMILES string of the molecule is COc1cc(OC)cc(N2CCC(CNC(N)=NCC(C)C)C2)c1.